The number of alkyl halides is 3. The number of aliphatic imine (C=N–C) groups is 1. The molecule has 2 saturated carbocycles. The summed E-state index contributed by atoms with van der Waals surface area (Å²) in [4.78, 5) is 38.7. The van der Waals surface area contributed by atoms with Crippen LogP contribution < -0.4 is 15.8 Å². The first kappa shape index (κ1) is 33.1. The number of fused-ring (bicyclic) bond motifs is 1. The number of nitrogens with zero attached hydrogens (tertiary/aromatic N) is 3. The average Bonchev–Trinajstić information content (AvgIpc) is 3.98. The summed E-state index contributed by atoms with van der Waals surface area (Å²) < 4.78 is 67.3. The minimum atomic E-state index is -4.85. The maximum atomic E-state index is 15.2. The standard InChI is InChI=1S/C35H35F4N5O4/c1-5-25(19-8-9-19)43-29-17(2)10-20(11-27(29)47-4)32(45)42-14-22(18-6-7-18)26-13-23-31(48-16-34(23,3)33(40)46)30(44-26)21-12-28(35(37,38)39)41-15-24(21)36/h5,10-13,15,18-19,22H,2,6-9,14,16H2,1,3-4H3,(H2,40,46)(H,42,45)/b25-5-,43-29?/t22-,34-/m0/s1. The third-order valence-corrected chi connectivity index (χ3v) is 9.26. The number of nitrogens with one attached hydrogen (secondary N) is 1. The summed E-state index contributed by atoms with van der Waals surface area (Å²) in [5.41, 5.74) is 5.37. The fraction of sp³-hybridized carbons (Fsp3) is 0.400. The molecule has 13 heteroatoms. The number of carbonyl (C=O) groups excluding carboxylic acids is 2. The van der Waals surface area contributed by atoms with Crippen LogP contribution in [0.1, 0.15) is 62.4 Å². The van der Waals surface area contributed by atoms with Gasteiger partial charge in [0, 0.05) is 46.5 Å². The third kappa shape index (κ3) is 6.25. The SMILES string of the molecule is C=C1C=C(C(=O)NC[C@H](c2cc3c(c(-c4cc(C(F)(F)F)ncc4F)n2)OC[C@]3(C)C(N)=O)C2CC2)C=C(OC)C1=N/C(=C\C)C1CC1. The fourth-order valence-corrected chi connectivity index (χ4v) is 6.05. The Morgan fingerprint density at radius 3 is 2.58 bits per heavy atom. The summed E-state index contributed by atoms with van der Waals surface area (Å²) in [6.07, 6.45) is 4.59. The Hall–Kier alpha value is -4.81. The maximum Gasteiger partial charge on any atom is 0.433 e. The molecule has 3 N–H and O–H groups in total. The average molecular weight is 666 g/mol. The number of amides is 2. The predicted octanol–water partition coefficient (Wildman–Crippen LogP) is 5.83. The number of carbonyl (C=O) groups is 2. The lowest BCUT2D eigenvalue weighted by Gasteiger charge is -2.23. The van der Waals surface area contributed by atoms with Gasteiger partial charge in [-0.1, -0.05) is 12.7 Å². The number of pyridine rings is 2. The van der Waals surface area contributed by atoms with Gasteiger partial charge in [0.1, 0.15) is 40.6 Å². The third-order valence-electron chi connectivity index (χ3n) is 9.26. The smallest absolute Gasteiger partial charge is 0.433 e. The normalized spacial score (nSPS) is 22.4. The first-order valence-corrected chi connectivity index (χ1v) is 15.7. The van der Waals surface area contributed by atoms with Crippen molar-refractivity contribution in [2.45, 2.75) is 57.0 Å². The zero-order valence-electron chi connectivity index (χ0n) is 26.7. The van der Waals surface area contributed by atoms with Crippen LogP contribution in [-0.2, 0) is 25.9 Å². The van der Waals surface area contributed by atoms with Gasteiger partial charge >= 0.3 is 6.18 Å². The summed E-state index contributed by atoms with van der Waals surface area (Å²) in [5.74, 6) is -1.75. The Labute approximate surface area is 274 Å². The second kappa shape index (κ2) is 12.3. The van der Waals surface area contributed by atoms with Gasteiger partial charge in [-0.25, -0.2) is 19.4 Å². The zero-order valence-corrected chi connectivity index (χ0v) is 26.7. The first-order chi connectivity index (χ1) is 22.7. The summed E-state index contributed by atoms with van der Waals surface area (Å²) in [6.45, 7) is 7.48. The first-order valence-electron chi connectivity index (χ1n) is 15.7. The van der Waals surface area contributed by atoms with E-state index < -0.39 is 46.4 Å². The molecule has 9 nitrogen and oxygen atoms in total. The summed E-state index contributed by atoms with van der Waals surface area (Å²) in [5, 5.41) is 2.95. The van der Waals surface area contributed by atoms with Gasteiger partial charge in [-0.05, 0) is 75.3 Å². The second-order valence-electron chi connectivity index (χ2n) is 12.7. The van der Waals surface area contributed by atoms with Crippen LogP contribution in [0.15, 0.2) is 70.7 Å². The van der Waals surface area contributed by atoms with Gasteiger partial charge in [-0.15, -0.1) is 0 Å². The van der Waals surface area contributed by atoms with Crippen molar-refractivity contribution in [1.29, 1.82) is 0 Å². The molecule has 2 aromatic heterocycles. The van der Waals surface area contributed by atoms with Gasteiger partial charge in [-0.2, -0.15) is 13.2 Å². The van der Waals surface area contributed by atoms with Crippen molar-refractivity contribution < 1.29 is 36.6 Å². The molecule has 2 amide bonds. The molecule has 2 atom stereocenters. The number of hydrogen-bond donors (Lipinski definition) is 2. The van der Waals surface area contributed by atoms with Crippen molar-refractivity contribution >= 4 is 17.5 Å². The monoisotopic (exact) mass is 665 g/mol. The number of rotatable bonds is 10. The zero-order chi connectivity index (χ0) is 34.5. The van der Waals surface area contributed by atoms with E-state index >= 15 is 4.39 Å². The molecule has 0 radical (unpaired) electrons. The van der Waals surface area contributed by atoms with Gasteiger partial charge in [0.25, 0.3) is 5.91 Å². The Kier molecular flexibility index (Phi) is 8.50. The van der Waals surface area contributed by atoms with Crippen molar-refractivity contribution in [3.63, 3.8) is 0 Å². The van der Waals surface area contributed by atoms with Crippen molar-refractivity contribution in [2.24, 2.45) is 22.6 Å². The molecule has 3 heterocycles. The number of primary amides is 1. The van der Waals surface area contributed by atoms with Crippen LogP contribution in [0.4, 0.5) is 17.6 Å². The molecule has 0 saturated heterocycles. The molecule has 0 bridgehead atoms. The van der Waals surface area contributed by atoms with Crippen LogP contribution in [0.25, 0.3) is 11.3 Å². The Morgan fingerprint density at radius 2 is 1.98 bits per heavy atom. The van der Waals surface area contributed by atoms with E-state index in [1.165, 1.54) is 7.11 Å². The molecule has 2 aromatic rings. The van der Waals surface area contributed by atoms with E-state index in [1.54, 1.807) is 25.1 Å². The highest BCUT2D eigenvalue weighted by Crippen LogP contribution is 2.49. The Morgan fingerprint density at radius 1 is 1.25 bits per heavy atom. The molecule has 0 spiro atoms. The van der Waals surface area contributed by atoms with Crippen LogP contribution in [0.3, 0.4) is 0 Å². The van der Waals surface area contributed by atoms with Gasteiger partial charge < -0.3 is 20.5 Å². The van der Waals surface area contributed by atoms with Crippen LogP contribution >= 0.6 is 0 Å². The number of allylic oxidation sites excluding steroid dienone is 4. The molecule has 1 aliphatic heterocycles. The number of hydrogen-bond acceptors (Lipinski definition) is 7. The number of aromatic nitrogens is 2. The lowest BCUT2D eigenvalue weighted by molar-refractivity contribution is -0.141. The lowest BCUT2D eigenvalue weighted by atomic mass is 9.82. The predicted molar refractivity (Wildman–Crippen MR) is 169 cm³/mol. The van der Waals surface area contributed by atoms with Crippen LogP contribution in [0.5, 0.6) is 5.75 Å². The topological polar surface area (TPSA) is 129 Å². The van der Waals surface area contributed by atoms with Gasteiger partial charge in [0.15, 0.2) is 5.82 Å². The molecular weight excluding hydrogens is 630 g/mol. The van der Waals surface area contributed by atoms with Gasteiger partial charge in [-0.3, -0.25) is 9.59 Å². The minimum absolute atomic E-state index is 0.0276. The van der Waals surface area contributed by atoms with Crippen LogP contribution in [-0.4, -0.2) is 47.8 Å². The molecule has 2 fully saturated rings. The quantitative estimate of drug-likeness (QED) is 0.308. The second-order valence-corrected chi connectivity index (χ2v) is 12.7. The van der Waals surface area contributed by atoms with Crippen molar-refractivity contribution in [2.75, 3.05) is 20.3 Å². The van der Waals surface area contributed by atoms with E-state index in [-0.39, 0.29) is 36.1 Å². The van der Waals surface area contributed by atoms with Gasteiger partial charge in [0.05, 0.1) is 13.3 Å². The summed E-state index contributed by atoms with van der Waals surface area (Å²) >= 11 is 0. The molecule has 0 unspecified atom stereocenters. The van der Waals surface area contributed by atoms with E-state index in [9.17, 15) is 22.8 Å². The molecular formula is C35H35F4N5O4. The van der Waals surface area contributed by atoms with E-state index in [4.69, 9.17) is 20.2 Å². The molecule has 4 aliphatic rings. The van der Waals surface area contributed by atoms with E-state index in [2.05, 4.69) is 21.9 Å². The maximum absolute atomic E-state index is 15.2. The summed E-state index contributed by atoms with van der Waals surface area (Å²) in [6, 6.07) is 2.20. The lowest BCUT2D eigenvalue weighted by Crippen LogP contribution is -2.40. The Bertz CT molecular complexity index is 1840. The molecule has 252 valence electrons. The summed E-state index contributed by atoms with van der Waals surface area (Å²) in [7, 11) is 1.50. The number of nitrogens with two attached hydrogens (primary N) is 1. The number of ether oxygens (including phenoxy) is 2. The van der Waals surface area contributed by atoms with Crippen molar-refractivity contribution in [3.8, 4) is 17.0 Å². The van der Waals surface area contributed by atoms with Crippen LogP contribution in [0.2, 0.25) is 0 Å². The Balaban J connectivity index is 1.33. The van der Waals surface area contributed by atoms with Gasteiger partial charge in [0.2, 0.25) is 5.91 Å². The number of halogens is 4. The number of methoxy groups -OCH3 is 1. The minimum Gasteiger partial charge on any atom is -0.494 e. The molecule has 3 aliphatic carbocycles. The van der Waals surface area contributed by atoms with E-state index in [1.807, 2.05) is 13.0 Å². The van der Waals surface area contributed by atoms with Crippen molar-refractivity contribution in [1.82, 2.24) is 15.3 Å². The highest BCUT2D eigenvalue weighted by atomic mass is 19.4. The highest BCUT2D eigenvalue weighted by molar-refractivity contribution is 6.17. The highest BCUT2D eigenvalue weighted by Gasteiger charge is 2.46. The van der Waals surface area contributed by atoms with Crippen molar-refractivity contribution in [3.05, 3.63) is 88.5 Å². The molecule has 6 rings (SSSR count). The van der Waals surface area contributed by atoms with E-state index in [0.717, 1.165) is 31.4 Å². The molecule has 48 heavy (non-hydrogen) atoms. The van der Waals surface area contributed by atoms with Crippen LogP contribution in [0, 0.1) is 17.7 Å². The largest absolute Gasteiger partial charge is 0.494 e. The van der Waals surface area contributed by atoms with E-state index in [0.29, 0.717) is 46.5 Å². The fourth-order valence-electron chi connectivity index (χ4n) is 6.05. The molecule has 0 aromatic carbocycles.